The maximum Gasteiger partial charge on any atom is 0.338 e. The van der Waals surface area contributed by atoms with Gasteiger partial charge < -0.3 is 4.74 Å². The first-order valence-electron chi connectivity index (χ1n) is 8.15. The zero-order valence-corrected chi connectivity index (χ0v) is 14.1. The Kier molecular flexibility index (Phi) is 4.01. The standard InChI is InChI=1S/C20H16FN3O2/c1-14-5-7-17(8-6-14)23-10-9-19-22-16(12-24(19)20(23)25)13-26-18-4-2-3-15(21)11-18/h2-12H,13H2,1H3. The summed E-state index contributed by atoms with van der Waals surface area (Å²) in [5.74, 6) is 0.0533. The molecule has 6 heteroatoms. The van der Waals surface area contributed by atoms with Crippen molar-refractivity contribution in [2.45, 2.75) is 13.5 Å². The third kappa shape index (κ3) is 3.09. The molecule has 0 saturated carbocycles. The zero-order chi connectivity index (χ0) is 18.1. The lowest BCUT2D eigenvalue weighted by atomic mass is 10.2. The quantitative estimate of drug-likeness (QED) is 0.566. The molecule has 0 saturated heterocycles. The molecule has 0 aliphatic rings. The first-order chi connectivity index (χ1) is 12.6. The van der Waals surface area contributed by atoms with Crippen molar-refractivity contribution in [3.8, 4) is 11.4 Å². The topological polar surface area (TPSA) is 48.5 Å². The van der Waals surface area contributed by atoms with Gasteiger partial charge in [0.2, 0.25) is 0 Å². The number of ether oxygens (including phenoxy) is 1. The highest BCUT2D eigenvalue weighted by molar-refractivity contribution is 5.41. The van der Waals surface area contributed by atoms with E-state index in [9.17, 15) is 9.18 Å². The smallest absolute Gasteiger partial charge is 0.338 e. The molecule has 0 aliphatic heterocycles. The fourth-order valence-electron chi connectivity index (χ4n) is 2.72. The molecule has 2 heterocycles. The second-order valence-electron chi connectivity index (χ2n) is 6.01. The highest BCUT2D eigenvalue weighted by Crippen LogP contribution is 2.14. The molecule has 130 valence electrons. The Hall–Kier alpha value is -3.41. The normalized spacial score (nSPS) is 11.0. The number of benzene rings is 2. The van der Waals surface area contributed by atoms with Crippen LogP contribution in [-0.2, 0) is 6.61 Å². The van der Waals surface area contributed by atoms with Crippen LogP contribution in [0.15, 0.2) is 71.8 Å². The number of rotatable bonds is 4. The van der Waals surface area contributed by atoms with Crippen LogP contribution in [0.5, 0.6) is 5.75 Å². The van der Waals surface area contributed by atoms with Crippen LogP contribution in [0.4, 0.5) is 4.39 Å². The van der Waals surface area contributed by atoms with Gasteiger partial charge >= 0.3 is 5.69 Å². The van der Waals surface area contributed by atoms with E-state index in [0.29, 0.717) is 17.1 Å². The van der Waals surface area contributed by atoms with E-state index < -0.39 is 0 Å². The molecule has 0 atom stereocenters. The molecule has 0 unspecified atom stereocenters. The van der Waals surface area contributed by atoms with Gasteiger partial charge in [-0.3, -0.25) is 8.97 Å². The van der Waals surface area contributed by atoms with Gasteiger partial charge in [-0.25, -0.2) is 14.2 Å². The van der Waals surface area contributed by atoms with Crippen LogP contribution in [0.2, 0.25) is 0 Å². The highest BCUT2D eigenvalue weighted by Gasteiger charge is 2.08. The Morgan fingerprint density at radius 1 is 1.12 bits per heavy atom. The maximum atomic E-state index is 13.2. The molecule has 4 aromatic rings. The van der Waals surface area contributed by atoms with E-state index in [4.69, 9.17) is 4.74 Å². The first-order valence-corrected chi connectivity index (χ1v) is 8.15. The molecule has 0 bridgehead atoms. The fraction of sp³-hybridized carbons (Fsp3) is 0.100. The minimum atomic E-state index is -0.363. The predicted molar refractivity (Wildman–Crippen MR) is 96.3 cm³/mol. The Labute approximate surface area is 148 Å². The molecule has 2 aromatic carbocycles. The van der Waals surface area contributed by atoms with E-state index in [2.05, 4.69) is 4.98 Å². The monoisotopic (exact) mass is 349 g/mol. The van der Waals surface area contributed by atoms with Crippen molar-refractivity contribution in [3.63, 3.8) is 0 Å². The van der Waals surface area contributed by atoms with Gasteiger partial charge in [-0.05, 0) is 37.3 Å². The number of hydrogen-bond acceptors (Lipinski definition) is 3. The Balaban J connectivity index is 1.64. The van der Waals surface area contributed by atoms with Crippen molar-refractivity contribution >= 4 is 5.65 Å². The average molecular weight is 349 g/mol. The lowest BCUT2D eigenvalue weighted by Crippen LogP contribution is -2.24. The van der Waals surface area contributed by atoms with Crippen molar-refractivity contribution in [2.24, 2.45) is 0 Å². The Morgan fingerprint density at radius 3 is 2.69 bits per heavy atom. The van der Waals surface area contributed by atoms with Crippen molar-refractivity contribution in [1.82, 2.24) is 14.0 Å². The lowest BCUT2D eigenvalue weighted by Gasteiger charge is -2.06. The number of aromatic nitrogens is 3. The van der Waals surface area contributed by atoms with Crippen LogP contribution in [0.1, 0.15) is 11.3 Å². The Bertz CT molecular complexity index is 1130. The van der Waals surface area contributed by atoms with Gasteiger partial charge in [-0.2, -0.15) is 0 Å². The predicted octanol–water partition coefficient (Wildman–Crippen LogP) is 3.51. The summed E-state index contributed by atoms with van der Waals surface area (Å²) in [4.78, 5) is 17.1. The first kappa shape index (κ1) is 16.1. The summed E-state index contributed by atoms with van der Waals surface area (Å²) in [6.07, 6.45) is 3.34. The number of aryl methyl sites for hydroxylation is 1. The molecular weight excluding hydrogens is 333 g/mol. The average Bonchev–Trinajstić information content (AvgIpc) is 3.06. The largest absolute Gasteiger partial charge is 0.487 e. The van der Waals surface area contributed by atoms with Gasteiger partial charge in [0.15, 0.2) is 0 Å². The van der Waals surface area contributed by atoms with Gasteiger partial charge in [-0.15, -0.1) is 0 Å². The van der Waals surface area contributed by atoms with Crippen LogP contribution in [0, 0.1) is 12.7 Å². The van der Waals surface area contributed by atoms with Gasteiger partial charge in [-0.1, -0.05) is 23.8 Å². The molecule has 0 aliphatic carbocycles. The molecule has 0 radical (unpaired) electrons. The molecule has 2 aromatic heterocycles. The number of fused-ring (bicyclic) bond motifs is 1. The molecule has 0 N–H and O–H groups in total. The minimum Gasteiger partial charge on any atom is -0.487 e. The SMILES string of the molecule is Cc1ccc(-n2ccc3nc(COc4cccc(F)c4)cn3c2=O)cc1. The second-order valence-corrected chi connectivity index (χ2v) is 6.01. The molecule has 26 heavy (non-hydrogen) atoms. The van der Waals surface area contributed by atoms with Crippen molar-refractivity contribution in [1.29, 1.82) is 0 Å². The third-order valence-electron chi connectivity index (χ3n) is 4.06. The molecule has 5 nitrogen and oxygen atoms in total. The van der Waals surface area contributed by atoms with E-state index in [0.717, 1.165) is 11.3 Å². The molecule has 0 fully saturated rings. The van der Waals surface area contributed by atoms with E-state index in [1.807, 2.05) is 31.2 Å². The summed E-state index contributed by atoms with van der Waals surface area (Å²) < 4.78 is 21.8. The van der Waals surface area contributed by atoms with Crippen LogP contribution in [0.25, 0.3) is 11.3 Å². The summed E-state index contributed by atoms with van der Waals surface area (Å²) in [7, 11) is 0. The summed E-state index contributed by atoms with van der Waals surface area (Å²) in [5.41, 5.74) is 2.83. The summed E-state index contributed by atoms with van der Waals surface area (Å²) in [6, 6.07) is 15.4. The zero-order valence-electron chi connectivity index (χ0n) is 14.1. The molecule has 0 spiro atoms. The number of nitrogens with zero attached hydrogens (tertiary/aromatic N) is 3. The summed E-state index contributed by atoms with van der Waals surface area (Å²) in [6.45, 7) is 2.14. The number of hydrogen-bond donors (Lipinski definition) is 0. The van der Waals surface area contributed by atoms with Gasteiger partial charge in [0.25, 0.3) is 0 Å². The second kappa shape index (κ2) is 6.48. The van der Waals surface area contributed by atoms with Gasteiger partial charge in [0.05, 0.1) is 11.4 Å². The number of imidazole rings is 1. The van der Waals surface area contributed by atoms with E-state index in [-0.39, 0.29) is 18.1 Å². The molecule has 4 rings (SSSR count). The van der Waals surface area contributed by atoms with E-state index >= 15 is 0 Å². The lowest BCUT2D eigenvalue weighted by molar-refractivity contribution is 0.300. The minimum absolute atomic E-state index is 0.148. The number of halogens is 1. The highest BCUT2D eigenvalue weighted by atomic mass is 19.1. The molecule has 0 amide bonds. The van der Waals surface area contributed by atoms with Crippen LogP contribution >= 0.6 is 0 Å². The summed E-state index contributed by atoms with van der Waals surface area (Å²) >= 11 is 0. The maximum absolute atomic E-state index is 13.2. The van der Waals surface area contributed by atoms with E-state index in [1.165, 1.54) is 16.5 Å². The fourth-order valence-corrected chi connectivity index (χ4v) is 2.72. The van der Waals surface area contributed by atoms with Gasteiger partial charge in [0.1, 0.15) is 23.8 Å². The van der Waals surface area contributed by atoms with Crippen LogP contribution in [0.3, 0.4) is 0 Å². The van der Waals surface area contributed by atoms with Crippen molar-refractivity contribution < 1.29 is 9.13 Å². The van der Waals surface area contributed by atoms with E-state index in [1.54, 1.807) is 35.2 Å². The van der Waals surface area contributed by atoms with Crippen LogP contribution in [-0.4, -0.2) is 14.0 Å². The summed E-state index contributed by atoms with van der Waals surface area (Å²) in [5, 5.41) is 0. The molecular formula is C20H16FN3O2. The van der Waals surface area contributed by atoms with Crippen molar-refractivity contribution in [2.75, 3.05) is 0 Å². The third-order valence-corrected chi connectivity index (χ3v) is 4.06. The Morgan fingerprint density at radius 2 is 1.92 bits per heavy atom. The van der Waals surface area contributed by atoms with Crippen LogP contribution < -0.4 is 10.4 Å². The van der Waals surface area contributed by atoms with Gasteiger partial charge in [0, 0.05) is 18.5 Å². The van der Waals surface area contributed by atoms with Crippen molar-refractivity contribution in [3.05, 3.63) is 94.5 Å².